The molecule has 0 spiro atoms. The molecule has 1 aliphatic carbocycles. The minimum Gasteiger partial charge on any atom is -0.478 e. The van der Waals surface area contributed by atoms with E-state index in [9.17, 15) is 9.59 Å². The topological polar surface area (TPSA) is 66.4 Å². The number of carbonyl (C=O) groups excluding carboxylic acids is 1. The summed E-state index contributed by atoms with van der Waals surface area (Å²) >= 11 is 7.50. The van der Waals surface area contributed by atoms with Gasteiger partial charge in [0, 0.05) is 4.88 Å². The average molecular weight is 368 g/mol. The van der Waals surface area contributed by atoms with Gasteiger partial charge in [-0.2, -0.15) is 0 Å². The number of amides is 1. The fourth-order valence-corrected chi connectivity index (χ4v) is 4.17. The Labute approximate surface area is 151 Å². The molecule has 0 saturated carbocycles. The highest BCUT2D eigenvalue weighted by molar-refractivity contribution is 7.14. The van der Waals surface area contributed by atoms with E-state index in [-0.39, 0.29) is 22.6 Å². The maximum Gasteiger partial charge on any atom is 0.336 e. The van der Waals surface area contributed by atoms with E-state index in [4.69, 9.17) is 16.7 Å². The molecule has 4 nitrogen and oxygen atoms in total. The molecule has 1 unspecified atom stereocenters. The Morgan fingerprint density at radius 3 is 2.42 bits per heavy atom. The summed E-state index contributed by atoms with van der Waals surface area (Å²) in [5.74, 6) is -0.460. The maximum absolute atomic E-state index is 12.5. The van der Waals surface area contributed by atoms with Crippen molar-refractivity contribution < 1.29 is 14.7 Å². The molecule has 1 aliphatic rings. The van der Waals surface area contributed by atoms with E-state index in [1.54, 1.807) is 12.2 Å². The number of carboxylic acid groups (broad SMARTS) is 1. The van der Waals surface area contributed by atoms with Crippen LogP contribution >= 0.6 is 22.9 Å². The van der Waals surface area contributed by atoms with Crippen LogP contribution in [0.3, 0.4) is 0 Å². The third kappa shape index (κ3) is 4.08. The molecule has 2 rings (SSSR count). The smallest absolute Gasteiger partial charge is 0.336 e. The number of thiophene rings is 1. The van der Waals surface area contributed by atoms with Gasteiger partial charge in [-0.15, -0.1) is 11.3 Å². The quantitative estimate of drug-likeness (QED) is 0.797. The average Bonchev–Trinajstić information content (AvgIpc) is 2.92. The van der Waals surface area contributed by atoms with Gasteiger partial charge in [0.1, 0.15) is 0 Å². The first-order valence-corrected chi connectivity index (χ1v) is 9.15. The first kappa shape index (κ1) is 18.7. The number of rotatable bonds is 5. The van der Waals surface area contributed by atoms with E-state index in [2.05, 4.69) is 33.0 Å². The molecular weight excluding hydrogens is 346 g/mol. The molecule has 0 radical (unpaired) electrons. The van der Waals surface area contributed by atoms with Crippen molar-refractivity contribution >= 4 is 34.8 Å². The van der Waals surface area contributed by atoms with Crippen LogP contribution < -0.4 is 5.32 Å². The first-order chi connectivity index (χ1) is 11.2. The maximum atomic E-state index is 12.5. The third-order valence-corrected chi connectivity index (χ3v) is 5.67. The van der Waals surface area contributed by atoms with Gasteiger partial charge < -0.3 is 10.4 Å². The number of hydrogen-bond donors (Lipinski definition) is 2. The van der Waals surface area contributed by atoms with Crippen LogP contribution in [0.4, 0.5) is 0 Å². The van der Waals surface area contributed by atoms with Crippen LogP contribution in [0.15, 0.2) is 28.8 Å². The summed E-state index contributed by atoms with van der Waals surface area (Å²) in [6.07, 6.45) is 3.55. The van der Waals surface area contributed by atoms with Crippen LogP contribution in [0.1, 0.15) is 66.1 Å². The molecule has 0 bridgehead atoms. The van der Waals surface area contributed by atoms with E-state index in [0.717, 1.165) is 0 Å². The van der Waals surface area contributed by atoms with Crippen molar-refractivity contribution in [1.29, 1.82) is 0 Å². The number of halogens is 1. The summed E-state index contributed by atoms with van der Waals surface area (Å²) in [5.41, 5.74) is 1.30. The van der Waals surface area contributed by atoms with E-state index in [0.29, 0.717) is 23.1 Å². The van der Waals surface area contributed by atoms with E-state index in [1.807, 2.05) is 6.07 Å². The summed E-state index contributed by atoms with van der Waals surface area (Å²) in [5, 5.41) is 12.1. The van der Waals surface area contributed by atoms with Gasteiger partial charge in [-0.3, -0.25) is 4.79 Å². The molecule has 24 heavy (non-hydrogen) atoms. The number of carbonyl (C=O) groups is 2. The standard InChI is InChI=1S/C18H22ClNO3S/c1-9(2)13-8-15(24-16(13)10(3)4)17(21)20-11-5-6-12(18(22)23)14(19)7-11/h6-11H,5H2,1-4H3,(H,20,21)(H,22,23). The van der Waals surface area contributed by atoms with Crippen molar-refractivity contribution in [3.05, 3.63) is 44.1 Å². The lowest BCUT2D eigenvalue weighted by Crippen LogP contribution is -2.34. The highest BCUT2D eigenvalue weighted by Crippen LogP contribution is 2.34. The lowest BCUT2D eigenvalue weighted by molar-refractivity contribution is -0.132. The van der Waals surface area contributed by atoms with E-state index in [1.165, 1.54) is 21.8 Å². The largest absolute Gasteiger partial charge is 0.478 e. The lowest BCUT2D eigenvalue weighted by atomic mass is 9.98. The summed E-state index contributed by atoms with van der Waals surface area (Å²) in [4.78, 5) is 25.5. The van der Waals surface area contributed by atoms with Gasteiger partial charge in [0.05, 0.1) is 21.5 Å². The number of carboxylic acids is 1. The van der Waals surface area contributed by atoms with Gasteiger partial charge >= 0.3 is 5.97 Å². The fourth-order valence-electron chi connectivity index (χ4n) is 2.64. The molecule has 130 valence electrons. The van der Waals surface area contributed by atoms with Crippen molar-refractivity contribution in [3.63, 3.8) is 0 Å². The molecule has 0 saturated heterocycles. The van der Waals surface area contributed by atoms with Crippen molar-refractivity contribution in [2.75, 3.05) is 0 Å². The van der Waals surface area contributed by atoms with Crippen molar-refractivity contribution in [1.82, 2.24) is 5.32 Å². The molecule has 0 fully saturated rings. The zero-order chi connectivity index (χ0) is 18.0. The van der Waals surface area contributed by atoms with Gasteiger partial charge in [-0.05, 0) is 36.0 Å². The summed E-state index contributed by atoms with van der Waals surface area (Å²) in [6, 6.07) is 1.67. The molecule has 2 N–H and O–H groups in total. The van der Waals surface area contributed by atoms with Crippen LogP contribution in [0.25, 0.3) is 0 Å². The molecule has 1 aromatic heterocycles. The Kier molecular flexibility index (Phi) is 5.88. The molecule has 6 heteroatoms. The zero-order valence-corrected chi connectivity index (χ0v) is 15.8. The van der Waals surface area contributed by atoms with Gasteiger partial charge in [-0.1, -0.05) is 45.4 Å². The number of hydrogen-bond acceptors (Lipinski definition) is 3. The SMILES string of the molecule is CC(C)c1cc(C(=O)NC2C=C(Cl)C(C(=O)O)=CC2)sc1C(C)C. The Morgan fingerprint density at radius 2 is 1.96 bits per heavy atom. The van der Waals surface area contributed by atoms with Crippen molar-refractivity contribution in [2.24, 2.45) is 0 Å². The second-order valence-electron chi connectivity index (χ2n) is 6.49. The summed E-state index contributed by atoms with van der Waals surface area (Å²) < 4.78 is 0. The lowest BCUT2D eigenvalue weighted by Gasteiger charge is -2.18. The minimum atomic E-state index is -1.05. The Bertz CT molecular complexity index is 690. The molecule has 1 heterocycles. The third-order valence-electron chi connectivity index (χ3n) is 3.89. The van der Waals surface area contributed by atoms with Crippen LogP contribution in [-0.2, 0) is 4.79 Å². The van der Waals surface area contributed by atoms with Crippen LogP contribution in [0.2, 0.25) is 0 Å². The monoisotopic (exact) mass is 367 g/mol. The van der Waals surface area contributed by atoms with Gasteiger partial charge in [-0.25, -0.2) is 4.79 Å². The predicted octanol–water partition coefficient (Wildman–Crippen LogP) is 4.63. The number of nitrogens with one attached hydrogen (secondary N) is 1. The van der Waals surface area contributed by atoms with Crippen LogP contribution in [0.5, 0.6) is 0 Å². The Hall–Kier alpha value is -1.59. The Morgan fingerprint density at radius 1 is 1.29 bits per heavy atom. The molecule has 1 atom stereocenters. The molecule has 1 aromatic rings. The van der Waals surface area contributed by atoms with Crippen LogP contribution in [0, 0.1) is 0 Å². The van der Waals surface area contributed by atoms with Gasteiger partial charge in [0.25, 0.3) is 5.91 Å². The second kappa shape index (κ2) is 7.53. The van der Waals surface area contributed by atoms with Crippen molar-refractivity contribution in [3.8, 4) is 0 Å². The predicted molar refractivity (Wildman–Crippen MR) is 98.0 cm³/mol. The van der Waals surface area contributed by atoms with Gasteiger partial charge in [0.15, 0.2) is 0 Å². The minimum absolute atomic E-state index is 0.0856. The van der Waals surface area contributed by atoms with Crippen molar-refractivity contribution in [2.45, 2.75) is 52.0 Å². The number of aliphatic carboxylic acids is 1. The van der Waals surface area contributed by atoms with Crippen LogP contribution in [-0.4, -0.2) is 23.0 Å². The summed E-state index contributed by atoms with van der Waals surface area (Å²) in [6.45, 7) is 8.50. The zero-order valence-electron chi connectivity index (χ0n) is 14.2. The first-order valence-electron chi connectivity index (χ1n) is 7.96. The van der Waals surface area contributed by atoms with E-state index >= 15 is 0 Å². The second-order valence-corrected chi connectivity index (χ2v) is 7.98. The normalized spacial score (nSPS) is 17.7. The van der Waals surface area contributed by atoms with E-state index < -0.39 is 5.97 Å². The summed E-state index contributed by atoms with van der Waals surface area (Å²) in [7, 11) is 0. The highest BCUT2D eigenvalue weighted by atomic mass is 35.5. The molecular formula is C18H22ClNO3S. The molecule has 0 aliphatic heterocycles. The molecule has 0 aromatic carbocycles. The Balaban J connectivity index is 2.14. The van der Waals surface area contributed by atoms with Gasteiger partial charge in [0.2, 0.25) is 0 Å². The highest BCUT2D eigenvalue weighted by Gasteiger charge is 2.23. The fraction of sp³-hybridized carbons (Fsp3) is 0.444. The molecule has 1 amide bonds.